The van der Waals surface area contributed by atoms with Crippen LogP contribution in [0.5, 0.6) is 0 Å². The molecule has 1 heterocycles. The molecule has 0 unspecified atom stereocenters. The summed E-state index contributed by atoms with van der Waals surface area (Å²) in [7, 11) is 3.37. The van der Waals surface area contributed by atoms with Crippen LogP contribution in [0.2, 0.25) is 0 Å². The number of anilines is 1. The SMILES string of the molecule is CN(C)c1ccc(C(=O)c2ccccc2C(=O)NCc2ccc(-n3cncn3)cc2)cc1[N+](=O)[O-]. The molecule has 0 atom stereocenters. The molecule has 3 aromatic carbocycles. The smallest absolute Gasteiger partial charge is 0.293 e. The van der Waals surface area contributed by atoms with Crippen molar-refractivity contribution in [3.05, 3.63) is 112 Å². The Morgan fingerprint density at radius 3 is 2.37 bits per heavy atom. The average Bonchev–Trinajstić information content (AvgIpc) is 3.42. The van der Waals surface area contributed by atoms with E-state index in [9.17, 15) is 19.7 Å². The quantitative estimate of drug-likeness (QED) is 0.238. The molecule has 10 nitrogen and oxygen atoms in total. The summed E-state index contributed by atoms with van der Waals surface area (Å²) in [5.41, 5.74) is 2.38. The first kappa shape index (κ1) is 23.3. The maximum absolute atomic E-state index is 13.2. The van der Waals surface area contributed by atoms with E-state index in [1.807, 2.05) is 24.3 Å². The molecule has 4 aromatic rings. The predicted molar refractivity (Wildman–Crippen MR) is 130 cm³/mol. The number of hydrogen-bond acceptors (Lipinski definition) is 7. The molecule has 0 fully saturated rings. The third-order valence-corrected chi connectivity index (χ3v) is 5.41. The number of benzene rings is 3. The van der Waals surface area contributed by atoms with Crippen molar-refractivity contribution in [1.29, 1.82) is 0 Å². The van der Waals surface area contributed by atoms with Gasteiger partial charge in [-0.05, 0) is 35.9 Å². The summed E-state index contributed by atoms with van der Waals surface area (Å²) in [6.45, 7) is 0.252. The normalized spacial score (nSPS) is 10.6. The molecule has 1 amide bonds. The maximum atomic E-state index is 13.2. The van der Waals surface area contributed by atoms with Crippen LogP contribution in [0.25, 0.3) is 5.69 Å². The molecule has 35 heavy (non-hydrogen) atoms. The summed E-state index contributed by atoms with van der Waals surface area (Å²) in [5, 5.41) is 18.4. The third-order valence-electron chi connectivity index (χ3n) is 5.41. The van der Waals surface area contributed by atoms with Crippen LogP contribution in [0.15, 0.2) is 79.4 Å². The average molecular weight is 470 g/mol. The number of nitro benzene ring substituents is 1. The fourth-order valence-electron chi connectivity index (χ4n) is 3.61. The van der Waals surface area contributed by atoms with Crippen LogP contribution in [0.3, 0.4) is 0 Å². The molecule has 0 saturated carbocycles. The lowest BCUT2D eigenvalue weighted by atomic mass is 9.97. The van der Waals surface area contributed by atoms with E-state index in [1.54, 1.807) is 48.2 Å². The van der Waals surface area contributed by atoms with Crippen LogP contribution in [0.4, 0.5) is 11.4 Å². The highest BCUT2D eigenvalue weighted by atomic mass is 16.6. The Morgan fingerprint density at radius 1 is 1.03 bits per heavy atom. The zero-order chi connectivity index (χ0) is 24.9. The van der Waals surface area contributed by atoms with Gasteiger partial charge in [-0.3, -0.25) is 19.7 Å². The molecule has 0 radical (unpaired) electrons. The minimum atomic E-state index is -0.529. The van der Waals surface area contributed by atoms with Crippen LogP contribution >= 0.6 is 0 Å². The van der Waals surface area contributed by atoms with Gasteiger partial charge in [-0.2, -0.15) is 5.10 Å². The van der Waals surface area contributed by atoms with Crippen LogP contribution in [0, 0.1) is 10.1 Å². The van der Waals surface area contributed by atoms with E-state index in [0.717, 1.165) is 11.3 Å². The molecule has 1 aromatic heterocycles. The van der Waals surface area contributed by atoms with E-state index in [0.29, 0.717) is 5.69 Å². The van der Waals surface area contributed by atoms with Gasteiger partial charge in [0.25, 0.3) is 11.6 Å². The second kappa shape index (κ2) is 9.96. The van der Waals surface area contributed by atoms with E-state index in [2.05, 4.69) is 15.4 Å². The van der Waals surface area contributed by atoms with Crippen molar-refractivity contribution in [2.45, 2.75) is 6.54 Å². The molecule has 0 saturated heterocycles. The molecule has 0 bridgehead atoms. The van der Waals surface area contributed by atoms with Crippen LogP contribution in [0.1, 0.15) is 31.8 Å². The summed E-state index contributed by atoms with van der Waals surface area (Å²) >= 11 is 0. The van der Waals surface area contributed by atoms with Crippen LogP contribution in [-0.4, -0.2) is 45.5 Å². The van der Waals surface area contributed by atoms with E-state index in [1.165, 1.54) is 30.6 Å². The van der Waals surface area contributed by atoms with Gasteiger partial charge >= 0.3 is 0 Å². The van der Waals surface area contributed by atoms with Gasteiger partial charge in [-0.25, -0.2) is 9.67 Å². The summed E-state index contributed by atoms with van der Waals surface area (Å²) in [4.78, 5) is 42.7. The molecule has 1 N–H and O–H groups in total. The zero-order valence-electron chi connectivity index (χ0n) is 19.1. The molecular weight excluding hydrogens is 448 g/mol. The summed E-state index contributed by atoms with van der Waals surface area (Å²) in [6, 6.07) is 18.1. The lowest BCUT2D eigenvalue weighted by Gasteiger charge is -2.14. The monoisotopic (exact) mass is 470 g/mol. The number of hydrogen-bond donors (Lipinski definition) is 1. The van der Waals surface area contributed by atoms with Crippen LogP contribution < -0.4 is 10.2 Å². The molecular formula is C25H22N6O4. The molecule has 176 valence electrons. The van der Waals surface area contributed by atoms with E-state index < -0.39 is 16.6 Å². The van der Waals surface area contributed by atoms with Crippen molar-refractivity contribution in [2.24, 2.45) is 0 Å². The number of carbonyl (C=O) groups excluding carboxylic acids is 2. The number of nitrogens with one attached hydrogen (secondary N) is 1. The van der Waals surface area contributed by atoms with Crippen molar-refractivity contribution in [2.75, 3.05) is 19.0 Å². The van der Waals surface area contributed by atoms with Gasteiger partial charge in [0, 0.05) is 37.8 Å². The molecule has 10 heteroatoms. The summed E-state index contributed by atoms with van der Waals surface area (Å²) in [5.74, 6) is -0.893. The standard InChI is InChI=1S/C25H22N6O4/c1-29(2)22-12-9-18(13-23(22)31(34)35)24(32)20-5-3-4-6-21(20)25(33)27-14-17-7-10-19(11-8-17)30-16-26-15-28-30/h3-13,15-16H,14H2,1-2H3,(H,27,33). The number of nitro groups is 1. The number of nitrogens with zero attached hydrogens (tertiary/aromatic N) is 5. The van der Waals surface area contributed by atoms with Crippen molar-refractivity contribution in [3.63, 3.8) is 0 Å². The Bertz CT molecular complexity index is 1380. The van der Waals surface area contributed by atoms with E-state index in [4.69, 9.17) is 0 Å². The minimum Gasteiger partial charge on any atom is -0.372 e. The van der Waals surface area contributed by atoms with Crippen molar-refractivity contribution >= 4 is 23.1 Å². The Kier molecular flexibility index (Phi) is 6.63. The molecule has 0 aliphatic carbocycles. The Morgan fingerprint density at radius 2 is 1.74 bits per heavy atom. The molecule has 4 rings (SSSR count). The number of carbonyl (C=O) groups is 2. The predicted octanol–water partition coefficient (Wildman–Crippen LogP) is 3.40. The van der Waals surface area contributed by atoms with Gasteiger partial charge in [0.15, 0.2) is 5.78 Å². The third kappa shape index (κ3) is 5.06. The van der Waals surface area contributed by atoms with Gasteiger partial charge in [-0.15, -0.1) is 0 Å². The van der Waals surface area contributed by atoms with Gasteiger partial charge in [0.2, 0.25) is 0 Å². The second-order valence-electron chi connectivity index (χ2n) is 7.92. The number of rotatable bonds is 8. The highest BCUT2D eigenvalue weighted by molar-refractivity contribution is 6.15. The van der Waals surface area contributed by atoms with Crippen LogP contribution in [-0.2, 0) is 6.54 Å². The van der Waals surface area contributed by atoms with Gasteiger partial charge < -0.3 is 10.2 Å². The van der Waals surface area contributed by atoms with Gasteiger partial charge in [0.05, 0.1) is 16.2 Å². The van der Waals surface area contributed by atoms with Crippen molar-refractivity contribution in [1.82, 2.24) is 20.1 Å². The fraction of sp³-hybridized carbons (Fsp3) is 0.120. The first-order valence-electron chi connectivity index (χ1n) is 10.7. The lowest BCUT2D eigenvalue weighted by Crippen LogP contribution is -2.25. The number of ketones is 1. The summed E-state index contributed by atoms with van der Waals surface area (Å²) < 4.78 is 1.62. The highest BCUT2D eigenvalue weighted by Crippen LogP contribution is 2.29. The first-order chi connectivity index (χ1) is 16.8. The molecule has 0 aliphatic heterocycles. The molecule has 0 spiro atoms. The Balaban J connectivity index is 1.53. The fourth-order valence-corrected chi connectivity index (χ4v) is 3.61. The van der Waals surface area contributed by atoms with Gasteiger partial charge in [-0.1, -0.05) is 30.3 Å². The zero-order valence-corrected chi connectivity index (χ0v) is 19.1. The lowest BCUT2D eigenvalue weighted by molar-refractivity contribution is -0.384. The number of aromatic nitrogens is 3. The maximum Gasteiger partial charge on any atom is 0.293 e. The van der Waals surface area contributed by atoms with E-state index in [-0.39, 0.29) is 28.9 Å². The molecule has 0 aliphatic rings. The largest absolute Gasteiger partial charge is 0.372 e. The van der Waals surface area contributed by atoms with E-state index >= 15 is 0 Å². The summed E-state index contributed by atoms with van der Waals surface area (Å²) in [6.07, 6.45) is 3.04. The van der Waals surface area contributed by atoms with Crippen molar-refractivity contribution < 1.29 is 14.5 Å². The topological polar surface area (TPSA) is 123 Å². The van der Waals surface area contributed by atoms with Crippen molar-refractivity contribution in [3.8, 4) is 5.69 Å². The Hall–Kier alpha value is -4.86. The second-order valence-corrected chi connectivity index (χ2v) is 7.92. The van der Waals surface area contributed by atoms with Gasteiger partial charge in [0.1, 0.15) is 18.3 Å². The highest BCUT2D eigenvalue weighted by Gasteiger charge is 2.22. The first-order valence-corrected chi connectivity index (χ1v) is 10.7. The minimum absolute atomic E-state index is 0.131. The number of amides is 1. The Labute approximate surface area is 201 Å².